The van der Waals surface area contributed by atoms with E-state index in [0.29, 0.717) is 0 Å². The lowest BCUT2D eigenvalue weighted by atomic mass is 9.79. The molecule has 0 aromatic carbocycles. The smallest absolute Gasteiger partial charge is 0.302 e. The van der Waals surface area contributed by atoms with Gasteiger partial charge in [-0.25, -0.2) is 8.78 Å². The van der Waals surface area contributed by atoms with Crippen LogP contribution < -0.4 is 34.4 Å². The largest absolute Gasteiger partial charge is 0.394 e. The van der Waals surface area contributed by atoms with Crippen molar-refractivity contribution in [2.24, 2.45) is 40.3 Å². The Labute approximate surface area is 246 Å². The highest BCUT2D eigenvalue weighted by atomic mass is 19.3. The van der Waals surface area contributed by atoms with E-state index in [4.69, 9.17) is 58.1 Å². The predicted molar refractivity (Wildman–Crippen MR) is 141 cm³/mol. The van der Waals surface area contributed by atoms with Crippen molar-refractivity contribution in [3.8, 4) is 0 Å². The van der Waals surface area contributed by atoms with Gasteiger partial charge in [-0.15, -0.1) is 0 Å². The van der Waals surface area contributed by atoms with Crippen LogP contribution in [0.3, 0.4) is 0 Å². The Morgan fingerprint density at radius 2 is 1.35 bits per heavy atom. The van der Waals surface area contributed by atoms with Gasteiger partial charge in [0.05, 0.1) is 43.1 Å². The van der Waals surface area contributed by atoms with Gasteiger partial charge in [0.15, 0.2) is 12.6 Å². The summed E-state index contributed by atoms with van der Waals surface area (Å²) in [5.41, 5.74) is 35.3. The van der Waals surface area contributed by atoms with Gasteiger partial charge in [0.1, 0.15) is 42.7 Å². The van der Waals surface area contributed by atoms with Crippen LogP contribution in [0.1, 0.15) is 12.8 Å². The van der Waals surface area contributed by atoms with E-state index in [2.05, 4.69) is 0 Å². The monoisotopic (exact) mass is 632 g/mol. The standard InChI is InChI=1S/C24H46F2N6O11/c25-24(26)11(4-28)41-22(13(32)21(24)38)42-18-8(30)2-7(29)15(35)20(18)43-23-17(37)19(10(5-33)40-23)39-9-1-6(3-27)14(34)16(36)12(9)31/h6-23,33-38H,1-5,27-32H2/t6-,7+,8-,9-,10+,11+,12-,13+,14+,15-,16+,17+,18+,19+,20+,21+,22+,23-/m0/s1. The average Bonchev–Trinajstić information content (AvgIpc) is 3.27. The van der Waals surface area contributed by atoms with Crippen molar-refractivity contribution < 1.29 is 63.1 Å². The molecule has 0 unspecified atom stereocenters. The van der Waals surface area contributed by atoms with Gasteiger partial charge in [-0.3, -0.25) is 0 Å². The molecule has 0 spiro atoms. The number of alkyl halides is 2. The van der Waals surface area contributed by atoms with Crippen molar-refractivity contribution >= 4 is 0 Å². The number of rotatable bonds is 9. The molecular weight excluding hydrogens is 586 g/mol. The zero-order valence-corrected chi connectivity index (χ0v) is 23.4. The first-order valence-corrected chi connectivity index (χ1v) is 14.3. The maximum absolute atomic E-state index is 14.4. The molecule has 43 heavy (non-hydrogen) atoms. The summed E-state index contributed by atoms with van der Waals surface area (Å²) in [5.74, 6) is -4.32. The fourth-order valence-corrected chi connectivity index (χ4v) is 6.23. The summed E-state index contributed by atoms with van der Waals surface area (Å²) in [6.07, 6.45) is -19.1. The fourth-order valence-electron chi connectivity index (χ4n) is 6.23. The van der Waals surface area contributed by atoms with Crippen LogP contribution in [0.5, 0.6) is 0 Å². The number of hydrogen-bond acceptors (Lipinski definition) is 17. The third-order valence-electron chi connectivity index (χ3n) is 8.96. The van der Waals surface area contributed by atoms with Crippen molar-refractivity contribution in [3.63, 3.8) is 0 Å². The van der Waals surface area contributed by atoms with Gasteiger partial charge in [0.25, 0.3) is 0 Å². The van der Waals surface area contributed by atoms with Gasteiger partial charge in [0.2, 0.25) is 0 Å². The molecule has 0 radical (unpaired) electrons. The van der Waals surface area contributed by atoms with Gasteiger partial charge in [-0.05, 0) is 19.4 Å². The quantitative estimate of drug-likeness (QED) is 0.112. The number of aliphatic hydroxyl groups excluding tert-OH is 6. The van der Waals surface area contributed by atoms with Crippen molar-refractivity contribution in [3.05, 3.63) is 0 Å². The Hall–Kier alpha value is -0.820. The minimum Gasteiger partial charge on any atom is -0.394 e. The van der Waals surface area contributed by atoms with Crippen LogP contribution in [-0.2, 0) is 23.7 Å². The van der Waals surface area contributed by atoms with Crippen molar-refractivity contribution in [2.45, 2.75) is 123 Å². The second kappa shape index (κ2) is 13.9. The molecule has 18 N–H and O–H groups in total. The highest BCUT2D eigenvalue weighted by Crippen LogP contribution is 2.37. The van der Waals surface area contributed by atoms with Gasteiger partial charge < -0.3 is 88.7 Å². The van der Waals surface area contributed by atoms with Crippen LogP contribution in [-0.4, -0.2) is 160 Å². The highest BCUT2D eigenvalue weighted by Gasteiger charge is 2.58. The summed E-state index contributed by atoms with van der Waals surface area (Å²) in [6, 6.07) is -4.70. The third-order valence-corrected chi connectivity index (χ3v) is 8.96. The van der Waals surface area contributed by atoms with E-state index in [1.165, 1.54) is 0 Å². The maximum atomic E-state index is 14.4. The minimum atomic E-state index is -3.77. The van der Waals surface area contributed by atoms with Gasteiger partial charge in [-0.2, -0.15) is 0 Å². The molecule has 252 valence electrons. The lowest BCUT2D eigenvalue weighted by Gasteiger charge is -2.47. The SMILES string of the molecule is NC[C@@H]1C[C@H](O[C@H]2[C@@H](O)[C@H](O[C@@H]3[C@@H](O)[C@H](N)C[C@H](N)[C@H]3O[C@H]3O[C@H](CN)C(F)(F)[C@H](O)[C@H]3N)O[C@@H]2CO)[C@H](N)[C@@H](O)[C@@H]1O. The Kier molecular flexibility index (Phi) is 11.3. The number of nitrogens with two attached hydrogens (primary N) is 6. The molecule has 4 fully saturated rings. The second-order valence-corrected chi connectivity index (χ2v) is 11.8. The van der Waals surface area contributed by atoms with Crippen LogP contribution in [0.15, 0.2) is 0 Å². The lowest BCUT2D eigenvalue weighted by Crippen LogP contribution is -2.69. The highest BCUT2D eigenvalue weighted by molar-refractivity contribution is 5.03. The molecule has 0 bridgehead atoms. The summed E-state index contributed by atoms with van der Waals surface area (Å²) in [7, 11) is 0. The molecule has 2 aliphatic heterocycles. The molecule has 0 aromatic heterocycles. The van der Waals surface area contributed by atoms with E-state index in [1.807, 2.05) is 0 Å². The number of halogens is 2. The van der Waals surface area contributed by atoms with Crippen LogP contribution >= 0.6 is 0 Å². The molecule has 18 atom stereocenters. The number of aliphatic hydroxyl groups is 6. The normalized spacial score (nSPS) is 52.3. The summed E-state index contributed by atoms with van der Waals surface area (Å²) >= 11 is 0. The van der Waals surface area contributed by atoms with Crippen LogP contribution in [0, 0.1) is 5.92 Å². The molecule has 0 amide bonds. The van der Waals surface area contributed by atoms with E-state index in [1.54, 1.807) is 0 Å². The molecule has 0 aromatic rings. The zero-order chi connectivity index (χ0) is 32.0. The minimum absolute atomic E-state index is 0.00180. The van der Waals surface area contributed by atoms with E-state index in [0.717, 1.165) is 0 Å². The fraction of sp³-hybridized carbons (Fsp3) is 1.00. The summed E-state index contributed by atoms with van der Waals surface area (Å²) in [5, 5.41) is 62.8. The van der Waals surface area contributed by atoms with Crippen molar-refractivity contribution in [1.82, 2.24) is 0 Å². The summed E-state index contributed by atoms with van der Waals surface area (Å²) in [6.45, 7) is -1.28. The summed E-state index contributed by atoms with van der Waals surface area (Å²) in [4.78, 5) is 0. The first-order valence-electron chi connectivity index (χ1n) is 14.3. The molecule has 2 aliphatic carbocycles. The average molecular weight is 633 g/mol. The predicted octanol–water partition coefficient (Wildman–Crippen LogP) is -6.96. The van der Waals surface area contributed by atoms with Gasteiger partial charge in [-0.1, -0.05) is 0 Å². The number of ether oxygens (including phenoxy) is 5. The molecule has 19 heteroatoms. The zero-order valence-electron chi connectivity index (χ0n) is 23.4. The van der Waals surface area contributed by atoms with Crippen LogP contribution in [0.25, 0.3) is 0 Å². The van der Waals surface area contributed by atoms with E-state index in [9.17, 15) is 39.4 Å². The van der Waals surface area contributed by atoms with E-state index in [-0.39, 0.29) is 19.4 Å². The van der Waals surface area contributed by atoms with Gasteiger partial charge >= 0.3 is 5.92 Å². The van der Waals surface area contributed by atoms with Crippen molar-refractivity contribution in [1.29, 1.82) is 0 Å². The first kappa shape index (κ1) is 35.0. The lowest BCUT2D eigenvalue weighted by molar-refractivity contribution is -0.333. The Bertz CT molecular complexity index is 916. The molecule has 2 saturated carbocycles. The molecule has 4 aliphatic rings. The Balaban J connectivity index is 1.51. The topological polar surface area (TPSA) is 324 Å². The molecule has 2 saturated heterocycles. The van der Waals surface area contributed by atoms with E-state index >= 15 is 0 Å². The second-order valence-electron chi connectivity index (χ2n) is 11.8. The Morgan fingerprint density at radius 3 is 1.95 bits per heavy atom. The van der Waals surface area contributed by atoms with Gasteiger partial charge in [0, 0.05) is 24.5 Å². The third kappa shape index (κ3) is 6.69. The van der Waals surface area contributed by atoms with Crippen LogP contribution in [0.2, 0.25) is 0 Å². The first-order chi connectivity index (χ1) is 20.2. The molecule has 2 heterocycles. The van der Waals surface area contributed by atoms with Crippen molar-refractivity contribution in [2.75, 3.05) is 19.7 Å². The number of hydrogen-bond donors (Lipinski definition) is 12. The molecule has 17 nitrogen and oxygen atoms in total. The molecule has 4 rings (SSSR count). The summed E-state index contributed by atoms with van der Waals surface area (Å²) < 4.78 is 57.5. The van der Waals surface area contributed by atoms with E-state index < -0.39 is 129 Å². The Morgan fingerprint density at radius 1 is 0.698 bits per heavy atom. The molecular formula is C24H46F2N6O11. The maximum Gasteiger partial charge on any atom is 0.302 e. The van der Waals surface area contributed by atoms with Crippen LogP contribution in [0.4, 0.5) is 8.78 Å².